The lowest BCUT2D eigenvalue weighted by atomic mass is 10.0. The number of piperazine rings is 1. The molecular weight excluding hydrogens is 462 g/mol. The van der Waals surface area contributed by atoms with Gasteiger partial charge < -0.3 is 10.6 Å². The Bertz CT molecular complexity index is 1480. The first kappa shape index (κ1) is 22.9. The van der Waals surface area contributed by atoms with Gasteiger partial charge in [-0.1, -0.05) is 48.5 Å². The lowest BCUT2D eigenvalue weighted by Crippen LogP contribution is -2.49. The Balaban J connectivity index is 1.23. The minimum Gasteiger partial charge on any atom is -0.398 e. The number of para-hydroxylation sites is 1. The molecule has 1 aliphatic rings. The summed E-state index contributed by atoms with van der Waals surface area (Å²) in [5.41, 5.74) is 7.69. The standard InChI is InChI=1S/C26H25N5O3S/c27-24-8-4-3-7-21(24)16-25(32)22-17-28-26(29-18-22)30-11-13-31(14-12-30)35(33,34)23-10-9-19-5-1-2-6-20(19)15-23/h1-10,15,17-18H,11-14,16,27H2. The minimum atomic E-state index is -3.60. The Morgan fingerprint density at radius 2 is 1.51 bits per heavy atom. The normalized spacial score (nSPS) is 14.8. The molecule has 0 bridgehead atoms. The van der Waals surface area contributed by atoms with E-state index in [9.17, 15) is 13.2 Å². The third-order valence-electron chi connectivity index (χ3n) is 6.25. The highest BCUT2D eigenvalue weighted by molar-refractivity contribution is 7.89. The van der Waals surface area contributed by atoms with E-state index in [4.69, 9.17) is 5.73 Å². The predicted molar refractivity (Wildman–Crippen MR) is 136 cm³/mol. The molecule has 1 fully saturated rings. The number of aromatic nitrogens is 2. The molecule has 0 amide bonds. The number of hydrogen-bond donors (Lipinski definition) is 1. The van der Waals surface area contributed by atoms with E-state index in [2.05, 4.69) is 9.97 Å². The van der Waals surface area contributed by atoms with Crippen LogP contribution in [0.1, 0.15) is 15.9 Å². The molecule has 5 rings (SSSR count). The molecule has 0 saturated carbocycles. The topological polar surface area (TPSA) is 109 Å². The highest BCUT2D eigenvalue weighted by Gasteiger charge is 2.29. The summed E-state index contributed by atoms with van der Waals surface area (Å²) in [4.78, 5) is 23.5. The van der Waals surface area contributed by atoms with E-state index in [1.165, 1.54) is 16.7 Å². The number of Topliss-reactive ketones (excluding diaryl/α,β-unsaturated/α-hetero) is 1. The van der Waals surface area contributed by atoms with Gasteiger partial charge in [0.2, 0.25) is 16.0 Å². The fourth-order valence-electron chi connectivity index (χ4n) is 4.20. The van der Waals surface area contributed by atoms with Crippen molar-refractivity contribution in [2.45, 2.75) is 11.3 Å². The monoisotopic (exact) mass is 487 g/mol. The van der Waals surface area contributed by atoms with Crippen molar-refractivity contribution < 1.29 is 13.2 Å². The van der Waals surface area contributed by atoms with Gasteiger partial charge in [-0.05, 0) is 34.5 Å². The van der Waals surface area contributed by atoms with E-state index in [0.29, 0.717) is 48.3 Å². The molecule has 35 heavy (non-hydrogen) atoms. The number of fused-ring (bicyclic) bond motifs is 1. The minimum absolute atomic E-state index is 0.110. The second kappa shape index (κ2) is 9.44. The highest BCUT2D eigenvalue weighted by Crippen LogP contribution is 2.23. The van der Waals surface area contributed by atoms with E-state index in [-0.39, 0.29) is 12.2 Å². The van der Waals surface area contributed by atoms with Crippen LogP contribution in [0.5, 0.6) is 0 Å². The van der Waals surface area contributed by atoms with E-state index in [0.717, 1.165) is 16.3 Å². The summed E-state index contributed by atoms with van der Waals surface area (Å²) in [6.45, 7) is 1.57. The van der Waals surface area contributed by atoms with Gasteiger partial charge in [0.15, 0.2) is 5.78 Å². The molecule has 2 heterocycles. The third-order valence-corrected chi connectivity index (χ3v) is 8.14. The number of sulfonamides is 1. The van der Waals surface area contributed by atoms with E-state index in [1.807, 2.05) is 53.4 Å². The van der Waals surface area contributed by atoms with Crippen LogP contribution in [-0.4, -0.2) is 54.7 Å². The summed E-state index contributed by atoms with van der Waals surface area (Å²) in [5, 5.41) is 1.90. The molecule has 178 valence electrons. The summed E-state index contributed by atoms with van der Waals surface area (Å²) in [5.74, 6) is 0.365. The van der Waals surface area contributed by atoms with Crippen molar-refractivity contribution in [3.05, 3.63) is 90.3 Å². The molecule has 0 atom stereocenters. The van der Waals surface area contributed by atoms with E-state index >= 15 is 0 Å². The Morgan fingerprint density at radius 1 is 0.857 bits per heavy atom. The zero-order chi connectivity index (χ0) is 24.4. The second-order valence-corrected chi connectivity index (χ2v) is 10.4. The van der Waals surface area contributed by atoms with Gasteiger partial charge in [0.1, 0.15) is 0 Å². The molecule has 1 saturated heterocycles. The number of nitrogens with two attached hydrogens (primary N) is 1. The van der Waals surface area contributed by atoms with Crippen LogP contribution in [0.25, 0.3) is 10.8 Å². The largest absolute Gasteiger partial charge is 0.398 e. The molecular formula is C26H25N5O3S. The van der Waals surface area contributed by atoms with Gasteiger partial charge in [-0.2, -0.15) is 4.31 Å². The first-order valence-corrected chi connectivity index (χ1v) is 12.8. The van der Waals surface area contributed by atoms with Crippen molar-refractivity contribution in [2.24, 2.45) is 0 Å². The Kier molecular flexibility index (Phi) is 6.19. The zero-order valence-corrected chi connectivity index (χ0v) is 19.9. The number of hydrogen-bond acceptors (Lipinski definition) is 7. The fourth-order valence-corrected chi connectivity index (χ4v) is 5.66. The average molecular weight is 488 g/mol. The summed E-state index contributed by atoms with van der Waals surface area (Å²) in [6.07, 6.45) is 3.21. The fraction of sp³-hybridized carbons (Fsp3) is 0.192. The number of anilines is 2. The molecule has 0 unspecified atom stereocenters. The molecule has 4 aromatic rings. The number of nitrogen functional groups attached to an aromatic ring is 1. The van der Waals surface area contributed by atoms with Crippen molar-refractivity contribution >= 4 is 38.2 Å². The summed E-state index contributed by atoms with van der Waals surface area (Å²) in [7, 11) is -3.60. The summed E-state index contributed by atoms with van der Waals surface area (Å²) < 4.78 is 27.9. The second-order valence-electron chi connectivity index (χ2n) is 8.47. The van der Waals surface area contributed by atoms with Crippen LogP contribution in [0.2, 0.25) is 0 Å². The molecule has 0 aliphatic carbocycles. The lowest BCUT2D eigenvalue weighted by Gasteiger charge is -2.34. The molecule has 2 N–H and O–H groups in total. The Hall–Kier alpha value is -3.82. The van der Waals surface area contributed by atoms with Crippen LogP contribution >= 0.6 is 0 Å². The van der Waals surface area contributed by atoms with Gasteiger partial charge in [-0.15, -0.1) is 0 Å². The maximum absolute atomic E-state index is 13.2. The Labute approximate surface area is 204 Å². The van der Waals surface area contributed by atoms with Gasteiger partial charge in [0, 0.05) is 50.7 Å². The number of nitrogens with zero attached hydrogens (tertiary/aromatic N) is 4. The maximum Gasteiger partial charge on any atom is 0.243 e. The molecule has 8 nitrogen and oxygen atoms in total. The number of carbonyl (C=O) groups excluding carboxylic acids is 1. The van der Waals surface area contributed by atoms with Crippen molar-refractivity contribution in [3.63, 3.8) is 0 Å². The first-order valence-electron chi connectivity index (χ1n) is 11.3. The molecule has 3 aromatic carbocycles. The summed E-state index contributed by atoms with van der Waals surface area (Å²) >= 11 is 0. The number of ketones is 1. The quantitative estimate of drug-likeness (QED) is 0.329. The van der Waals surface area contributed by atoms with Crippen molar-refractivity contribution in [3.8, 4) is 0 Å². The predicted octanol–water partition coefficient (Wildman–Crippen LogP) is 3.15. The van der Waals surface area contributed by atoms with Crippen LogP contribution < -0.4 is 10.6 Å². The van der Waals surface area contributed by atoms with Crippen molar-refractivity contribution in [1.29, 1.82) is 0 Å². The highest BCUT2D eigenvalue weighted by atomic mass is 32.2. The first-order chi connectivity index (χ1) is 16.9. The van der Waals surface area contributed by atoms with Gasteiger partial charge in [-0.25, -0.2) is 18.4 Å². The van der Waals surface area contributed by atoms with Crippen molar-refractivity contribution in [1.82, 2.24) is 14.3 Å². The smallest absolute Gasteiger partial charge is 0.243 e. The SMILES string of the molecule is Nc1ccccc1CC(=O)c1cnc(N2CCN(S(=O)(=O)c3ccc4ccccc4c3)CC2)nc1. The zero-order valence-electron chi connectivity index (χ0n) is 19.0. The lowest BCUT2D eigenvalue weighted by molar-refractivity contribution is 0.0992. The van der Waals surface area contributed by atoms with Crippen LogP contribution in [0.15, 0.2) is 84.0 Å². The molecule has 0 spiro atoms. The number of rotatable bonds is 6. The third kappa shape index (κ3) is 4.73. The molecule has 1 aliphatic heterocycles. The molecule has 9 heteroatoms. The van der Waals surface area contributed by atoms with Crippen molar-refractivity contribution in [2.75, 3.05) is 36.8 Å². The Morgan fingerprint density at radius 3 is 2.23 bits per heavy atom. The average Bonchev–Trinajstić information content (AvgIpc) is 2.90. The molecule has 1 aromatic heterocycles. The van der Waals surface area contributed by atoms with Gasteiger partial charge in [-0.3, -0.25) is 4.79 Å². The van der Waals surface area contributed by atoms with E-state index in [1.54, 1.807) is 18.2 Å². The van der Waals surface area contributed by atoms with Crippen LogP contribution in [0.3, 0.4) is 0 Å². The van der Waals surface area contributed by atoms with Gasteiger partial charge >= 0.3 is 0 Å². The molecule has 0 radical (unpaired) electrons. The van der Waals surface area contributed by atoms with E-state index < -0.39 is 10.0 Å². The summed E-state index contributed by atoms with van der Waals surface area (Å²) in [6, 6.07) is 20.2. The van der Waals surface area contributed by atoms with Crippen LogP contribution in [0.4, 0.5) is 11.6 Å². The number of carbonyl (C=O) groups is 1. The number of benzene rings is 3. The van der Waals surface area contributed by atoms with Gasteiger partial charge in [0.25, 0.3) is 0 Å². The van der Waals surface area contributed by atoms with Crippen LogP contribution in [-0.2, 0) is 16.4 Å². The maximum atomic E-state index is 13.2. The van der Waals surface area contributed by atoms with Crippen LogP contribution in [0, 0.1) is 0 Å². The van der Waals surface area contributed by atoms with Gasteiger partial charge in [0.05, 0.1) is 10.5 Å².